The van der Waals surface area contributed by atoms with E-state index in [0.717, 1.165) is 25.0 Å². The first-order valence-electron chi connectivity index (χ1n) is 8.86. The van der Waals surface area contributed by atoms with Crippen molar-refractivity contribution in [2.24, 2.45) is 11.8 Å². The highest BCUT2D eigenvalue weighted by Gasteiger charge is 2.71. The van der Waals surface area contributed by atoms with Crippen molar-refractivity contribution in [2.75, 3.05) is 13.2 Å². The summed E-state index contributed by atoms with van der Waals surface area (Å²) in [5, 5.41) is 0.487. The fraction of sp³-hybridized carbons (Fsp3) is 0.778. The van der Waals surface area contributed by atoms with Crippen molar-refractivity contribution in [1.82, 2.24) is 0 Å². The lowest BCUT2D eigenvalue weighted by Crippen LogP contribution is -2.59. The van der Waals surface area contributed by atoms with Crippen LogP contribution in [0.5, 0.6) is 0 Å². The maximum atomic E-state index is 6.69. The van der Waals surface area contributed by atoms with E-state index in [1.165, 1.54) is 38.5 Å². The van der Waals surface area contributed by atoms with Crippen molar-refractivity contribution >= 4 is 8.56 Å². The second-order valence-electron chi connectivity index (χ2n) is 7.52. The minimum absolute atomic E-state index is 0.243. The van der Waals surface area contributed by atoms with Crippen LogP contribution >= 0.6 is 0 Å². The van der Waals surface area contributed by atoms with Crippen LogP contribution in [0, 0.1) is 11.8 Å². The van der Waals surface area contributed by atoms with Crippen LogP contribution in [0.25, 0.3) is 0 Å². The van der Waals surface area contributed by atoms with Gasteiger partial charge in [0.25, 0.3) is 0 Å². The topological polar surface area (TPSA) is 18.5 Å². The van der Waals surface area contributed by atoms with Gasteiger partial charge in [-0.1, -0.05) is 24.3 Å². The molecule has 0 aromatic carbocycles. The van der Waals surface area contributed by atoms with Crippen molar-refractivity contribution in [3.8, 4) is 0 Å². The second-order valence-corrected chi connectivity index (χ2v) is 11.3. The van der Waals surface area contributed by atoms with E-state index in [1.54, 1.807) is 0 Å². The third-order valence-electron chi connectivity index (χ3n) is 6.56. The molecule has 2 fully saturated rings. The highest BCUT2D eigenvalue weighted by Crippen LogP contribution is 2.72. The van der Waals surface area contributed by atoms with E-state index in [4.69, 9.17) is 8.85 Å². The molecule has 4 unspecified atom stereocenters. The maximum absolute atomic E-state index is 6.69. The van der Waals surface area contributed by atoms with E-state index in [1.807, 2.05) is 0 Å². The smallest absolute Gasteiger partial charge is 0.358 e. The summed E-state index contributed by atoms with van der Waals surface area (Å²) in [5.74, 6) is 1.58. The molecule has 0 heterocycles. The molecule has 21 heavy (non-hydrogen) atoms. The summed E-state index contributed by atoms with van der Waals surface area (Å²) < 4.78 is 13.4. The van der Waals surface area contributed by atoms with Gasteiger partial charge in [0.2, 0.25) is 0 Å². The summed E-state index contributed by atoms with van der Waals surface area (Å²) in [6.45, 7) is 5.91. The van der Waals surface area contributed by atoms with Gasteiger partial charge < -0.3 is 8.85 Å². The van der Waals surface area contributed by atoms with E-state index in [9.17, 15) is 0 Å². The quantitative estimate of drug-likeness (QED) is 0.522. The molecule has 0 aromatic heterocycles. The van der Waals surface area contributed by atoms with Gasteiger partial charge in [-0.3, -0.25) is 0 Å². The van der Waals surface area contributed by atoms with Gasteiger partial charge in [0, 0.05) is 23.3 Å². The Kier molecular flexibility index (Phi) is 3.25. The second kappa shape index (κ2) is 4.80. The van der Waals surface area contributed by atoms with Crippen molar-refractivity contribution < 1.29 is 8.85 Å². The summed E-state index contributed by atoms with van der Waals surface area (Å²) in [6, 6.07) is 0. The van der Waals surface area contributed by atoms with Crippen LogP contribution in [0.3, 0.4) is 0 Å². The van der Waals surface area contributed by atoms with E-state index in [0.29, 0.717) is 0 Å². The monoisotopic (exact) mass is 304 g/mol. The molecule has 4 atom stereocenters. The molecule has 4 aliphatic rings. The van der Waals surface area contributed by atoms with Gasteiger partial charge in [-0.05, 0) is 64.2 Å². The van der Waals surface area contributed by atoms with Crippen LogP contribution in [0.2, 0.25) is 10.1 Å². The summed E-state index contributed by atoms with van der Waals surface area (Å²) >= 11 is 0. The molecule has 116 valence electrons. The van der Waals surface area contributed by atoms with E-state index in [2.05, 4.69) is 38.2 Å². The van der Waals surface area contributed by atoms with Crippen LogP contribution in [-0.2, 0) is 8.85 Å². The first-order valence-corrected chi connectivity index (χ1v) is 10.7. The Hall–Kier alpha value is -0.383. The first-order chi connectivity index (χ1) is 10.2. The van der Waals surface area contributed by atoms with Gasteiger partial charge in [0.1, 0.15) is 0 Å². The molecule has 0 saturated heterocycles. The zero-order chi connectivity index (χ0) is 14.6. The van der Waals surface area contributed by atoms with Gasteiger partial charge in [0.05, 0.1) is 0 Å². The van der Waals surface area contributed by atoms with Crippen LogP contribution in [0.1, 0.15) is 52.4 Å². The normalized spacial score (nSPS) is 43.3. The third-order valence-corrected chi connectivity index (χ3v) is 11.8. The van der Waals surface area contributed by atoms with Gasteiger partial charge in [0.15, 0.2) is 0 Å². The standard InChI is InChI=1S/C18H28O2Si/c1-3-19-21(20-4-2,17-9-5-15(13-17)6-10-17)18-11-7-16(14-18)8-12-18/h5,7,9,11,15-16H,3-4,6,8,10,12-14H2,1-2H3. The van der Waals surface area contributed by atoms with Crippen LogP contribution in [-0.4, -0.2) is 21.8 Å². The number of allylic oxidation sites excluding steroid dienone is 4. The molecule has 0 radical (unpaired) electrons. The third kappa shape index (κ3) is 1.71. The first kappa shape index (κ1) is 14.2. The molecule has 0 aromatic rings. The molecule has 0 N–H and O–H groups in total. The Bertz CT molecular complexity index is 442. The van der Waals surface area contributed by atoms with Crippen molar-refractivity contribution in [3.63, 3.8) is 0 Å². The number of fused-ring (bicyclic) bond motifs is 4. The lowest BCUT2D eigenvalue weighted by atomic mass is 10.1. The Balaban J connectivity index is 1.82. The summed E-state index contributed by atoms with van der Waals surface area (Å²) in [6.07, 6.45) is 17.8. The molecular weight excluding hydrogens is 276 g/mol. The molecule has 0 aliphatic heterocycles. The van der Waals surface area contributed by atoms with Gasteiger partial charge in [-0.25, -0.2) is 0 Å². The Labute approximate surface area is 129 Å². The average molecular weight is 305 g/mol. The minimum atomic E-state index is -2.32. The Morgan fingerprint density at radius 2 is 1.38 bits per heavy atom. The largest absolute Gasteiger partial charge is 0.394 e. The molecule has 3 heteroatoms. The van der Waals surface area contributed by atoms with E-state index >= 15 is 0 Å². The predicted octanol–water partition coefficient (Wildman–Crippen LogP) is 4.72. The number of rotatable bonds is 6. The van der Waals surface area contributed by atoms with Gasteiger partial charge >= 0.3 is 8.56 Å². The number of hydrogen-bond donors (Lipinski definition) is 0. The molecule has 4 aliphatic carbocycles. The molecule has 4 bridgehead atoms. The Morgan fingerprint density at radius 3 is 1.62 bits per heavy atom. The van der Waals surface area contributed by atoms with E-state index in [-0.39, 0.29) is 10.1 Å². The fourth-order valence-corrected chi connectivity index (χ4v) is 11.5. The maximum Gasteiger partial charge on any atom is 0.358 e. The summed E-state index contributed by atoms with van der Waals surface area (Å²) in [4.78, 5) is 0. The molecule has 0 amide bonds. The van der Waals surface area contributed by atoms with E-state index < -0.39 is 8.56 Å². The molecule has 4 rings (SSSR count). The SMILES string of the molecule is CCO[Si](OCC)(C12C=CC(CC1)C2)C12C=CC(CC1)C2. The lowest BCUT2D eigenvalue weighted by Gasteiger charge is -2.51. The van der Waals surface area contributed by atoms with Crippen molar-refractivity contribution in [3.05, 3.63) is 24.3 Å². The minimum Gasteiger partial charge on any atom is -0.394 e. The van der Waals surface area contributed by atoms with Crippen LogP contribution in [0.4, 0.5) is 0 Å². The fourth-order valence-electron chi connectivity index (χ4n) is 5.84. The van der Waals surface area contributed by atoms with Gasteiger partial charge in [-0.2, -0.15) is 0 Å². The average Bonchev–Trinajstić information content (AvgIpc) is 3.27. The zero-order valence-electron chi connectivity index (χ0n) is 13.4. The highest BCUT2D eigenvalue weighted by molar-refractivity contribution is 6.75. The number of hydrogen-bond acceptors (Lipinski definition) is 2. The molecule has 0 spiro atoms. The Morgan fingerprint density at radius 1 is 0.905 bits per heavy atom. The molecule has 2 saturated carbocycles. The van der Waals surface area contributed by atoms with Crippen LogP contribution in [0.15, 0.2) is 24.3 Å². The van der Waals surface area contributed by atoms with Crippen molar-refractivity contribution in [2.45, 2.75) is 62.4 Å². The summed E-state index contributed by atoms with van der Waals surface area (Å²) in [5.41, 5.74) is 0. The molecule has 2 nitrogen and oxygen atoms in total. The molecular formula is C18H28O2Si. The van der Waals surface area contributed by atoms with Crippen LogP contribution < -0.4 is 0 Å². The predicted molar refractivity (Wildman–Crippen MR) is 87.4 cm³/mol. The van der Waals surface area contributed by atoms with Gasteiger partial charge in [-0.15, -0.1) is 0 Å². The zero-order valence-corrected chi connectivity index (χ0v) is 14.4. The summed E-state index contributed by atoms with van der Waals surface area (Å²) in [7, 11) is -2.32. The highest BCUT2D eigenvalue weighted by atomic mass is 28.4. The lowest BCUT2D eigenvalue weighted by molar-refractivity contribution is 0.138. The van der Waals surface area contributed by atoms with Crippen molar-refractivity contribution in [1.29, 1.82) is 0 Å².